The van der Waals surface area contributed by atoms with E-state index < -0.39 is 5.97 Å². The smallest absolute Gasteiger partial charge is 0.335 e. The fourth-order valence-electron chi connectivity index (χ4n) is 1.78. The van der Waals surface area contributed by atoms with Crippen LogP contribution >= 0.6 is 0 Å². The lowest BCUT2D eigenvalue weighted by molar-refractivity contribution is -0.106. The summed E-state index contributed by atoms with van der Waals surface area (Å²) in [7, 11) is 1.90. The number of hydrogen-bond donors (Lipinski definition) is 3. The van der Waals surface area contributed by atoms with Crippen molar-refractivity contribution in [2.24, 2.45) is 0 Å². The van der Waals surface area contributed by atoms with E-state index in [0.717, 1.165) is 35.7 Å². The van der Waals surface area contributed by atoms with Crippen molar-refractivity contribution in [2.45, 2.75) is 13.3 Å². The molecular weight excluding hydrogens is 244 g/mol. The minimum Gasteiger partial charge on any atom is -0.478 e. The zero-order chi connectivity index (χ0) is 14.3. The number of H-pyrrole nitrogens is 1. The van der Waals surface area contributed by atoms with Crippen LogP contribution in [0, 0.1) is 0 Å². The fraction of sp³-hybridized carbons (Fsp3) is 0.286. The molecule has 0 aliphatic rings. The Balaban J connectivity index is 0.000000550. The second-order valence-electron chi connectivity index (χ2n) is 3.97. The zero-order valence-corrected chi connectivity index (χ0v) is 11.1. The molecule has 1 aromatic carbocycles. The van der Waals surface area contributed by atoms with E-state index in [9.17, 15) is 4.79 Å². The van der Waals surface area contributed by atoms with Crippen molar-refractivity contribution in [2.75, 3.05) is 13.6 Å². The summed E-state index contributed by atoms with van der Waals surface area (Å²) in [6, 6.07) is 5.14. The van der Waals surface area contributed by atoms with E-state index in [1.54, 1.807) is 12.1 Å². The van der Waals surface area contributed by atoms with Gasteiger partial charge in [0.2, 0.25) is 0 Å². The SMILES string of the molecule is CC=O.CNCCc1c[nH]c2ccc(C(=O)O)cc12. The largest absolute Gasteiger partial charge is 0.478 e. The summed E-state index contributed by atoms with van der Waals surface area (Å²) in [5, 5.41) is 13.0. The number of aromatic carboxylic acids is 1. The van der Waals surface area contributed by atoms with E-state index in [0.29, 0.717) is 5.56 Å². The molecule has 19 heavy (non-hydrogen) atoms. The molecule has 0 unspecified atom stereocenters. The minimum absolute atomic E-state index is 0.331. The summed E-state index contributed by atoms with van der Waals surface area (Å²) >= 11 is 0. The number of nitrogens with one attached hydrogen (secondary N) is 2. The molecule has 102 valence electrons. The standard InChI is InChI=1S/C12H14N2O2.C2H4O/c1-13-5-4-9-7-14-11-3-2-8(12(15)16)6-10(9)11;1-2-3/h2-3,6-7,13-14H,4-5H2,1H3,(H,15,16);2H,1H3. The number of aromatic amines is 1. The lowest BCUT2D eigenvalue weighted by Gasteiger charge is -1.99. The highest BCUT2D eigenvalue weighted by molar-refractivity contribution is 5.94. The van der Waals surface area contributed by atoms with Crippen LogP contribution in [0.2, 0.25) is 0 Å². The van der Waals surface area contributed by atoms with Crippen LogP contribution in [0.15, 0.2) is 24.4 Å². The van der Waals surface area contributed by atoms with Crippen molar-refractivity contribution in [3.8, 4) is 0 Å². The maximum absolute atomic E-state index is 10.9. The second kappa shape index (κ2) is 7.33. The van der Waals surface area contributed by atoms with E-state index in [4.69, 9.17) is 9.90 Å². The van der Waals surface area contributed by atoms with Gasteiger partial charge < -0.3 is 20.2 Å². The lowest BCUT2D eigenvalue weighted by Crippen LogP contribution is -2.09. The van der Waals surface area contributed by atoms with Crippen molar-refractivity contribution >= 4 is 23.2 Å². The Labute approximate surface area is 111 Å². The molecule has 1 heterocycles. The number of aromatic nitrogens is 1. The molecule has 0 aliphatic carbocycles. The van der Waals surface area contributed by atoms with Crippen molar-refractivity contribution < 1.29 is 14.7 Å². The molecule has 3 N–H and O–H groups in total. The Morgan fingerprint density at radius 1 is 1.47 bits per heavy atom. The predicted molar refractivity (Wildman–Crippen MR) is 74.6 cm³/mol. The number of likely N-dealkylation sites (N-methyl/N-ethyl adjacent to an activating group) is 1. The first-order valence-corrected chi connectivity index (χ1v) is 6.01. The van der Waals surface area contributed by atoms with Crippen molar-refractivity contribution in [3.63, 3.8) is 0 Å². The van der Waals surface area contributed by atoms with Gasteiger partial charge in [-0.2, -0.15) is 0 Å². The van der Waals surface area contributed by atoms with Crippen molar-refractivity contribution in [1.82, 2.24) is 10.3 Å². The number of carbonyl (C=O) groups excluding carboxylic acids is 1. The van der Waals surface area contributed by atoms with Crippen LogP contribution in [0.3, 0.4) is 0 Å². The average Bonchev–Trinajstić information content (AvgIpc) is 2.79. The predicted octanol–water partition coefficient (Wildman–Crippen LogP) is 1.83. The van der Waals surface area contributed by atoms with Gasteiger partial charge in [-0.05, 0) is 50.7 Å². The summed E-state index contributed by atoms with van der Waals surface area (Å²) in [6.45, 7) is 2.32. The number of benzene rings is 1. The number of carboxylic acid groups (broad SMARTS) is 1. The van der Waals surface area contributed by atoms with Gasteiger partial charge in [-0.3, -0.25) is 0 Å². The van der Waals surface area contributed by atoms with Gasteiger partial charge in [0.1, 0.15) is 6.29 Å². The molecule has 0 spiro atoms. The van der Waals surface area contributed by atoms with Crippen LogP contribution in [0.5, 0.6) is 0 Å². The molecule has 0 bridgehead atoms. The van der Waals surface area contributed by atoms with Crippen LogP contribution in [-0.2, 0) is 11.2 Å². The van der Waals surface area contributed by atoms with Gasteiger partial charge in [0.05, 0.1) is 5.56 Å². The third-order valence-corrected chi connectivity index (χ3v) is 2.66. The van der Waals surface area contributed by atoms with E-state index in [-0.39, 0.29) is 0 Å². The Morgan fingerprint density at radius 3 is 2.74 bits per heavy atom. The third kappa shape index (κ3) is 3.93. The Bertz CT molecular complexity index is 561. The molecule has 5 heteroatoms. The quantitative estimate of drug-likeness (QED) is 0.734. The van der Waals surface area contributed by atoms with Crippen LogP contribution in [-0.4, -0.2) is 35.9 Å². The van der Waals surface area contributed by atoms with Gasteiger partial charge >= 0.3 is 5.97 Å². The molecular formula is C14H18N2O3. The summed E-state index contributed by atoms with van der Waals surface area (Å²) in [5.74, 6) is -0.886. The molecule has 0 radical (unpaired) electrons. The normalized spacial score (nSPS) is 9.79. The minimum atomic E-state index is -0.886. The average molecular weight is 262 g/mol. The Morgan fingerprint density at radius 2 is 2.16 bits per heavy atom. The van der Waals surface area contributed by atoms with Crippen LogP contribution < -0.4 is 5.32 Å². The molecule has 0 atom stereocenters. The first-order valence-electron chi connectivity index (χ1n) is 6.01. The lowest BCUT2D eigenvalue weighted by atomic mass is 10.1. The van der Waals surface area contributed by atoms with E-state index in [2.05, 4.69) is 10.3 Å². The molecule has 0 amide bonds. The van der Waals surface area contributed by atoms with Crippen LogP contribution in [0.25, 0.3) is 10.9 Å². The van der Waals surface area contributed by atoms with Crippen LogP contribution in [0.1, 0.15) is 22.8 Å². The summed E-state index contributed by atoms with van der Waals surface area (Å²) < 4.78 is 0. The summed E-state index contributed by atoms with van der Waals surface area (Å²) in [6.07, 6.45) is 3.58. The van der Waals surface area contributed by atoms with Gasteiger partial charge in [0.15, 0.2) is 0 Å². The first-order chi connectivity index (χ1) is 9.13. The topological polar surface area (TPSA) is 82.2 Å². The molecule has 1 aromatic heterocycles. The molecule has 2 rings (SSSR count). The zero-order valence-electron chi connectivity index (χ0n) is 11.1. The molecule has 2 aromatic rings. The molecule has 5 nitrogen and oxygen atoms in total. The van der Waals surface area contributed by atoms with Gasteiger partial charge in [0, 0.05) is 17.1 Å². The number of fused-ring (bicyclic) bond motifs is 1. The molecule has 0 fully saturated rings. The highest BCUT2D eigenvalue weighted by atomic mass is 16.4. The Hall–Kier alpha value is -2.14. The summed E-state index contributed by atoms with van der Waals surface area (Å²) in [4.78, 5) is 22.8. The Kier molecular flexibility index (Phi) is 5.75. The van der Waals surface area contributed by atoms with Crippen molar-refractivity contribution in [1.29, 1.82) is 0 Å². The van der Waals surface area contributed by atoms with Crippen LogP contribution in [0.4, 0.5) is 0 Å². The van der Waals surface area contributed by atoms with E-state index in [1.165, 1.54) is 6.92 Å². The van der Waals surface area contributed by atoms with Gasteiger partial charge in [-0.1, -0.05) is 0 Å². The van der Waals surface area contributed by atoms with Gasteiger partial charge in [0.25, 0.3) is 0 Å². The maximum Gasteiger partial charge on any atom is 0.335 e. The van der Waals surface area contributed by atoms with E-state index in [1.807, 2.05) is 19.3 Å². The molecule has 0 saturated heterocycles. The number of aldehydes is 1. The number of carboxylic acids is 1. The number of rotatable bonds is 4. The number of hydrogen-bond acceptors (Lipinski definition) is 3. The second-order valence-corrected chi connectivity index (χ2v) is 3.97. The first kappa shape index (κ1) is 14.9. The third-order valence-electron chi connectivity index (χ3n) is 2.66. The maximum atomic E-state index is 10.9. The highest BCUT2D eigenvalue weighted by Gasteiger charge is 2.07. The monoisotopic (exact) mass is 262 g/mol. The van der Waals surface area contributed by atoms with E-state index >= 15 is 0 Å². The molecule has 0 saturated carbocycles. The summed E-state index contributed by atoms with van der Waals surface area (Å²) in [5.41, 5.74) is 2.46. The fourth-order valence-corrected chi connectivity index (χ4v) is 1.78. The molecule has 0 aliphatic heterocycles. The van der Waals surface area contributed by atoms with Gasteiger partial charge in [-0.15, -0.1) is 0 Å². The van der Waals surface area contributed by atoms with Gasteiger partial charge in [-0.25, -0.2) is 4.79 Å². The van der Waals surface area contributed by atoms with Crippen molar-refractivity contribution in [3.05, 3.63) is 35.5 Å². The highest BCUT2D eigenvalue weighted by Crippen LogP contribution is 2.20. The number of carbonyl (C=O) groups is 2.